The molecule has 0 amide bonds. The molecule has 296 valence electrons. The van der Waals surface area contributed by atoms with Gasteiger partial charge >= 0.3 is 15.6 Å². The van der Waals surface area contributed by atoms with Crippen molar-refractivity contribution in [2.24, 2.45) is 5.92 Å². The molecule has 5 N–H and O–H groups in total. The van der Waals surface area contributed by atoms with E-state index in [1.165, 1.54) is 51.0 Å². The maximum absolute atomic E-state index is 13.9. The smallest absolute Gasteiger partial charge is 0.407 e. The molecular weight excluding hydrogens is 782 g/mol. The van der Waals surface area contributed by atoms with E-state index in [-0.39, 0.29) is 33.3 Å². The van der Waals surface area contributed by atoms with Crippen LogP contribution in [-0.2, 0) is 41.1 Å². The Hall–Kier alpha value is -3.70. The minimum atomic E-state index is -5.02. The molecule has 0 spiro atoms. The number of ether oxygens (including phenoxy) is 2. The van der Waals surface area contributed by atoms with Gasteiger partial charge in [0.25, 0.3) is 5.56 Å². The third kappa shape index (κ3) is 6.70. The molecule has 22 nitrogen and oxygen atoms in total. The van der Waals surface area contributed by atoms with Crippen molar-refractivity contribution in [3.8, 4) is 0 Å². The molecule has 8 heterocycles. The molecule has 0 aliphatic carbocycles. The Labute approximate surface area is 312 Å². The molecule has 3 aliphatic heterocycles. The van der Waals surface area contributed by atoms with Crippen molar-refractivity contribution in [1.82, 2.24) is 43.4 Å². The minimum absolute atomic E-state index is 0.0499. The third-order valence-corrected chi connectivity index (χ3v) is 17.0. The zero-order chi connectivity index (χ0) is 39.2. The van der Waals surface area contributed by atoms with Crippen molar-refractivity contribution in [1.29, 1.82) is 0 Å². The van der Waals surface area contributed by atoms with Crippen molar-refractivity contribution in [2.75, 3.05) is 18.9 Å². The van der Waals surface area contributed by atoms with Gasteiger partial charge in [0, 0.05) is 12.4 Å². The van der Waals surface area contributed by atoms with Gasteiger partial charge in [-0.25, -0.2) is 38.5 Å². The van der Waals surface area contributed by atoms with Crippen LogP contribution in [0.15, 0.2) is 48.8 Å². The van der Waals surface area contributed by atoms with Crippen LogP contribution in [0.4, 0.5) is 5.82 Å². The second-order valence-electron chi connectivity index (χ2n) is 14.9. The lowest BCUT2D eigenvalue weighted by Gasteiger charge is -2.40. The summed E-state index contributed by atoms with van der Waals surface area (Å²) < 4.78 is 74.2. The number of hydrogen-bond donors (Lipinski definition) is 4. The van der Waals surface area contributed by atoms with Gasteiger partial charge in [-0.15, -0.1) is 6.58 Å². The molecule has 3 aliphatic rings. The topological polar surface area (TPSA) is 277 Å². The number of fused-ring (bicyclic) bond motifs is 5. The summed E-state index contributed by atoms with van der Waals surface area (Å²) in [4.78, 5) is 59.8. The minimum Gasteiger partial charge on any atom is -0.407 e. The Bertz CT molecular complexity index is 2450. The zero-order valence-electron chi connectivity index (χ0n) is 30.2. The summed E-state index contributed by atoms with van der Waals surface area (Å²) in [7, 11) is -12.7. The largest absolute Gasteiger partial charge is 0.472 e. The number of rotatable bonds is 5. The Morgan fingerprint density at radius 3 is 2.29 bits per heavy atom. The number of anilines is 1. The average molecular weight is 823 g/mol. The van der Waals surface area contributed by atoms with Gasteiger partial charge in [-0.3, -0.25) is 32.0 Å². The van der Waals surface area contributed by atoms with E-state index in [1.807, 2.05) is 33.9 Å². The fraction of sp³-hybridized carbons (Fsp3) is 0.533. The van der Waals surface area contributed by atoms with Gasteiger partial charge in [-0.05, 0) is 18.1 Å². The predicted molar refractivity (Wildman–Crippen MR) is 194 cm³/mol. The van der Waals surface area contributed by atoms with Crippen LogP contribution >= 0.6 is 15.6 Å². The molecule has 8 rings (SSSR count). The summed E-state index contributed by atoms with van der Waals surface area (Å²) in [6.07, 6.45) is -0.285. The van der Waals surface area contributed by atoms with Gasteiger partial charge in [0.2, 0.25) is 5.78 Å². The highest BCUT2D eigenvalue weighted by atomic mass is 31.2. The molecule has 4 unspecified atom stereocenters. The van der Waals surface area contributed by atoms with Crippen LogP contribution in [0.2, 0.25) is 18.1 Å². The molecule has 5 aromatic heterocycles. The van der Waals surface area contributed by atoms with E-state index in [0.29, 0.717) is 5.65 Å². The fourth-order valence-electron chi connectivity index (χ4n) is 6.74. The number of aromatic amines is 1. The van der Waals surface area contributed by atoms with Crippen LogP contribution < -0.4 is 11.3 Å². The van der Waals surface area contributed by atoms with E-state index in [0.717, 1.165) is 0 Å². The number of imidazole rings is 3. The van der Waals surface area contributed by atoms with Gasteiger partial charge in [0.05, 0.1) is 31.8 Å². The molecule has 55 heavy (non-hydrogen) atoms. The van der Waals surface area contributed by atoms with Crippen molar-refractivity contribution in [2.45, 2.75) is 81.9 Å². The van der Waals surface area contributed by atoms with Crippen molar-refractivity contribution >= 4 is 57.9 Å². The number of hydrogen-bond acceptors (Lipinski definition) is 16. The van der Waals surface area contributed by atoms with E-state index in [9.17, 15) is 23.7 Å². The summed E-state index contributed by atoms with van der Waals surface area (Å²) >= 11 is 0. The van der Waals surface area contributed by atoms with Crippen molar-refractivity contribution < 1.29 is 50.9 Å². The number of nitrogens with two attached hydrogens (primary N) is 1. The lowest BCUT2D eigenvalue weighted by molar-refractivity contribution is -0.0662. The summed E-state index contributed by atoms with van der Waals surface area (Å²) in [5.41, 5.74) is 6.36. The first-order valence-electron chi connectivity index (χ1n) is 17.2. The average Bonchev–Trinajstić information content (AvgIpc) is 3.93. The van der Waals surface area contributed by atoms with Crippen LogP contribution in [0.5, 0.6) is 0 Å². The summed E-state index contributed by atoms with van der Waals surface area (Å²) in [5, 5.41) is -0.371. The number of aromatic nitrogens is 9. The first-order valence-corrected chi connectivity index (χ1v) is 23.1. The predicted octanol–water partition coefficient (Wildman–Crippen LogP) is 2.80. The number of phosphoric ester groups is 2. The second kappa shape index (κ2) is 13.5. The van der Waals surface area contributed by atoms with Gasteiger partial charge in [-0.1, -0.05) is 26.8 Å². The van der Waals surface area contributed by atoms with Gasteiger partial charge < -0.3 is 34.4 Å². The highest BCUT2D eigenvalue weighted by Gasteiger charge is 2.56. The molecule has 5 aromatic rings. The number of nitrogen functional groups attached to an aromatic ring is 1. The highest BCUT2D eigenvalue weighted by molar-refractivity contribution is 7.47. The highest BCUT2D eigenvalue weighted by Crippen LogP contribution is 2.55. The van der Waals surface area contributed by atoms with E-state index in [1.54, 1.807) is 0 Å². The SMILES string of the molecule is C=CC1[C@H](n2cnc3c(N)ncnc32)O[C@@H]2COP(=O)(O)O[C@H]3C(O[Si](C)(C)C(C)(C)C)[C@H](n4cnc5c(=O)n6ccnc6[nH]c54)O[C@@H]3COP(=O)(O)O[C@@H]12. The lowest BCUT2D eigenvalue weighted by Crippen LogP contribution is -2.49. The first kappa shape index (κ1) is 38.2. The Balaban J connectivity index is 1.16. The van der Waals surface area contributed by atoms with Gasteiger partial charge in [0.15, 0.2) is 31.5 Å². The van der Waals surface area contributed by atoms with Gasteiger partial charge in [0.1, 0.15) is 54.2 Å². The normalized spacial score (nSPS) is 33.7. The Morgan fingerprint density at radius 2 is 1.60 bits per heavy atom. The first-order chi connectivity index (χ1) is 25.9. The number of nitrogens with one attached hydrogen (secondary N) is 1. The van der Waals surface area contributed by atoms with Crippen LogP contribution in [0, 0.1) is 5.92 Å². The van der Waals surface area contributed by atoms with Crippen LogP contribution in [-0.4, -0.2) is 105 Å². The standard InChI is InChI=1S/C30H40N10O12P2Si/c1-7-15-20-16(48-27(15)39-13-35-18-23(31)33-12-34-24(18)39)10-46-54(44,45)51-21-17(11-47-53(42,43)50-20)49-28(22(21)52-55(5,6)30(2,3)4)40-14-36-19-25(40)37-29-32-8-9-38(29)26(19)41/h7-9,12-17,20-22,27-28H,1,10-11H2,2-6H3,(H,32,37)(H,42,43)(H,44,45)(H2,31,33,34)/t15?,16-,17-,20+,21-,22?,27-,28-/m1/s1. The van der Waals surface area contributed by atoms with E-state index >= 15 is 0 Å². The molecular formula is C30H40N10O12P2Si. The maximum Gasteiger partial charge on any atom is 0.472 e. The molecule has 0 radical (unpaired) electrons. The number of H-pyrrole nitrogens is 1. The molecule has 0 aromatic carbocycles. The molecule has 10 atom stereocenters. The number of phosphoric acid groups is 2. The van der Waals surface area contributed by atoms with Crippen LogP contribution in [0.3, 0.4) is 0 Å². The quantitative estimate of drug-likeness (QED) is 0.113. The van der Waals surface area contributed by atoms with Gasteiger partial charge in [-0.2, -0.15) is 0 Å². The van der Waals surface area contributed by atoms with Crippen molar-refractivity contribution in [3.63, 3.8) is 0 Å². The fourth-order valence-corrected chi connectivity index (χ4v) is 9.97. The summed E-state index contributed by atoms with van der Waals surface area (Å²) in [5.74, 6) is -0.526. The molecule has 3 fully saturated rings. The van der Waals surface area contributed by atoms with E-state index < -0.39 is 91.6 Å². The Kier molecular flexibility index (Phi) is 9.34. The third-order valence-electron chi connectivity index (χ3n) is 10.5. The summed E-state index contributed by atoms with van der Waals surface area (Å²) in [6.45, 7) is 12.5. The molecule has 0 saturated carbocycles. The zero-order valence-corrected chi connectivity index (χ0v) is 33.0. The summed E-state index contributed by atoms with van der Waals surface area (Å²) in [6, 6.07) is 0. The lowest BCUT2D eigenvalue weighted by atomic mass is 10.00. The monoisotopic (exact) mass is 822 g/mol. The second-order valence-corrected chi connectivity index (χ2v) is 22.5. The Morgan fingerprint density at radius 1 is 0.964 bits per heavy atom. The van der Waals surface area contributed by atoms with E-state index in [4.69, 9.17) is 37.7 Å². The van der Waals surface area contributed by atoms with Crippen LogP contribution in [0.25, 0.3) is 28.1 Å². The van der Waals surface area contributed by atoms with Crippen LogP contribution in [0.1, 0.15) is 33.2 Å². The molecule has 0 bridgehead atoms. The molecule has 3 saturated heterocycles. The van der Waals surface area contributed by atoms with Crippen molar-refractivity contribution in [3.05, 3.63) is 54.4 Å². The maximum atomic E-state index is 13.9. The molecule has 25 heteroatoms. The number of nitrogens with zero attached hydrogens (tertiary/aromatic N) is 8. The van der Waals surface area contributed by atoms with E-state index in [2.05, 4.69) is 36.5 Å².